The Morgan fingerprint density at radius 1 is 1.40 bits per heavy atom. The fourth-order valence-corrected chi connectivity index (χ4v) is 2.82. The molecule has 1 heterocycles. The Morgan fingerprint density at radius 3 is 2.90 bits per heavy atom. The average Bonchev–Trinajstić information content (AvgIpc) is 2.97. The molecule has 1 fully saturated rings. The Bertz CT molecular complexity index is 417. The van der Waals surface area contributed by atoms with Crippen molar-refractivity contribution < 1.29 is 9.84 Å². The van der Waals surface area contributed by atoms with Gasteiger partial charge in [0.25, 0.3) is 0 Å². The summed E-state index contributed by atoms with van der Waals surface area (Å²) in [6.07, 6.45) is 2.31. The van der Waals surface area contributed by atoms with Gasteiger partial charge in [0.1, 0.15) is 0 Å². The second kappa shape index (κ2) is 7.50. The van der Waals surface area contributed by atoms with Crippen LogP contribution in [-0.2, 0) is 6.54 Å². The lowest BCUT2D eigenvalue weighted by Gasteiger charge is -2.28. The van der Waals surface area contributed by atoms with Crippen LogP contribution in [0.15, 0.2) is 18.2 Å². The minimum absolute atomic E-state index is 0.293. The molecule has 1 aromatic carbocycles. The van der Waals surface area contributed by atoms with Crippen LogP contribution in [-0.4, -0.2) is 42.3 Å². The lowest BCUT2D eigenvalue weighted by Crippen LogP contribution is -2.36. The topological polar surface area (TPSA) is 44.7 Å². The number of nitrogens with one attached hydrogen (secondary N) is 1. The Kier molecular flexibility index (Phi) is 5.68. The number of aromatic hydroxyl groups is 1. The summed E-state index contributed by atoms with van der Waals surface area (Å²) >= 11 is 0. The summed E-state index contributed by atoms with van der Waals surface area (Å²) < 4.78 is 5.46. The SMILES string of the molecule is CCCN(Cc1cccc(OCC)c1O)C1CCNC1. The molecule has 0 saturated carbocycles. The van der Waals surface area contributed by atoms with E-state index in [0.717, 1.165) is 38.2 Å². The molecule has 2 N–H and O–H groups in total. The quantitative estimate of drug-likeness (QED) is 0.804. The lowest BCUT2D eigenvalue weighted by atomic mass is 10.1. The summed E-state index contributed by atoms with van der Waals surface area (Å²) in [5, 5.41) is 13.7. The molecule has 1 atom stereocenters. The third-order valence-corrected chi connectivity index (χ3v) is 3.82. The molecular weight excluding hydrogens is 252 g/mol. The standard InChI is InChI=1S/C16H26N2O2/c1-3-10-18(14-8-9-17-11-14)12-13-6-5-7-15(16(13)19)20-4-2/h5-7,14,17,19H,3-4,8-12H2,1-2H3. The Labute approximate surface area is 121 Å². The highest BCUT2D eigenvalue weighted by atomic mass is 16.5. The van der Waals surface area contributed by atoms with Gasteiger partial charge in [-0.15, -0.1) is 0 Å². The molecule has 20 heavy (non-hydrogen) atoms. The molecule has 0 bridgehead atoms. The van der Waals surface area contributed by atoms with Gasteiger partial charge in [0.15, 0.2) is 11.5 Å². The van der Waals surface area contributed by atoms with Crippen LogP contribution in [0.4, 0.5) is 0 Å². The molecular formula is C16H26N2O2. The van der Waals surface area contributed by atoms with Gasteiger partial charge in [-0.1, -0.05) is 19.1 Å². The van der Waals surface area contributed by atoms with Crippen molar-refractivity contribution in [2.45, 2.75) is 39.3 Å². The van der Waals surface area contributed by atoms with E-state index in [2.05, 4.69) is 17.1 Å². The molecule has 1 aromatic rings. The van der Waals surface area contributed by atoms with Crippen molar-refractivity contribution in [3.63, 3.8) is 0 Å². The first-order valence-corrected chi connectivity index (χ1v) is 7.64. The monoisotopic (exact) mass is 278 g/mol. The zero-order valence-electron chi connectivity index (χ0n) is 12.6. The number of phenols is 1. The van der Waals surface area contributed by atoms with Gasteiger partial charge in [-0.05, 0) is 38.9 Å². The molecule has 0 aliphatic carbocycles. The smallest absolute Gasteiger partial charge is 0.162 e. The molecule has 1 unspecified atom stereocenters. The third-order valence-electron chi connectivity index (χ3n) is 3.82. The number of hydrogen-bond acceptors (Lipinski definition) is 4. The molecule has 0 amide bonds. The van der Waals surface area contributed by atoms with Crippen molar-refractivity contribution in [3.8, 4) is 11.5 Å². The van der Waals surface area contributed by atoms with Crippen LogP contribution in [0.5, 0.6) is 11.5 Å². The third kappa shape index (κ3) is 3.64. The van der Waals surface area contributed by atoms with Gasteiger partial charge in [0.2, 0.25) is 0 Å². The first kappa shape index (κ1) is 15.1. The summed E-state index contributed by atoms with van der Waals surface area (Å²) in [6.45, 7) is 8.69. The van der Waals surface area contributed by atoms with Crippen LogP contribution in [0, 0.1) is 0 Å². The van der Waals surface area contributed by atoms with Gasteiger partial charge >= 0.3 is 0 Å². The van der Waals surface area contributed by atoms with Crippen molar-refractivity contribution in [1.82, 2.24) is 10.2 Å². The first-order chi connectivity index (χ1) is 9.76. The number of hydrogen-bond donors (Lipinski definition) is 2. The van der Waals surface area contributed by atoms with E-state index in [4.69, 9.17) is 4.74 Å². The van der Waals surface area contributed by atoms with E-state index in [1.54, 1.807) is 0 Å². The summed E-state index contributed by atoms with van der Waals surface area (Å²) in [6, 6.07) is 6.34. The van der Waals surface area contributed by atoms with Crippen molar-refractivity contribution in [3.05, 3.63) is 23.8 Å². The minimum atomic E-state index is 0.293. The van der Waals surface area contributed by atoms with Crippen LogP contribution in [0.3, 0.4) is 0 Å². The van der Waals surface area contributed by atoms with Crippen molar-refractivity contribution in [2.24, 2.45) is 0 Å². The number of para-hydroxylation sites is 1. The maximum Gasteiger partial charge on any atom is 0.162 e. The highest BCUT2D eigenvalue weighted by Gasteiger charge is 2.23. The maximum atomic E-state index is 10.3. The van der Waals surface area contributed by atoms with Crippen molar-refractivity contribution in [1.29, 1.82) is 0 Å². The van der Waals surface area contributed by atoms with E-state index in [1.807, 2.05) is 25.1 Å². The van der Waals surface area contributed by atoms with Gasteiger partial charge in [-0.25, -0.2) is 0 Å². The largest absolute Gasteiger partial charge is 0.504 e. The Hall–Kier alpha value is -1.26. The summed E-state index contributed by atoms with van der Waals surface area (Å²) in [5.41, 5.74) is 0.955. The van der Waals surface area contributed by atoms with Gasteiger partial charge in [0, 0.05) is 24.7 Å². The number of ether oxygens (including phenoxy) is 1. The zero-order valence-corrected chi connectivity index (χ0v) is 12.6. The van der Waals surface area contributed by atoms with Crippen molar-refractivity contribution in [2.75, 3.05) is 26.2 Å². The predicted octanol–water partition coefficient (Wildman–Crippen LogP) is 2.36. The zero-order chi connectivity index (χ0) is 14.4. The molecule has 112 valence electrons. The molecule has 0 aromatic heterocycles. The van der Waals surface area contributed by atoms with Gasteiger partial charge < -0.3 is 15.2 Å². The summed E-state index contributed by atoms with van der Waals surface area (Å²) in [4.78, 5) is 2.46. The minimum Gasteiger partial charge on any atom is -0.504 e. The van der Waals surface area contributed by atoms with E-state index in [9.17, 15) is 5.11 Å². The number of rotatable bonds is 7. The Morgan fingerprint density at radius 2 is 2.25 bits per heavy atom. The van der Waals surface area contributed by atoms with E-state index in [-0.39, 0.29) is 0 Å². The van der Waals surface area contributed by atoms with E-state index in [0.29, 0.717) is 24.1 Å². The second-order valence-corrected chi connectivity index (χ2v) is 5.31. The van der Waals surface area contributed by atoms with E-state index >= 15 is 0 Å². The Balaban J connectivity index is 2.11. The fourth-order valence-electron chi connectivity index (χ4n) is 2.82. The molecule has 4 heteroatoms. The molecule has 1 aliphatic heterocycles. The van der Waals surface area contributed by atoms with Crippen LogP contribution < -0.4 is 10.1 Å². The van der Waals surface area contributed by atoms with Gasteiger partial charge in [-0.2, -0.15) is 0 Å². The lowest BCUT2D eigenvalue weighted by molar-refractivity contribution is 0.196. The van der Waals surface area contributed by atoms with E-state index in [1.165, 1.54) is 6.42 Å². The molecule has 0 radical (unpaired) electrons. The van der Waals surface area contributed by atoms with Crippen LogP contribution >= 0.6 is 0 Å². The van der Waals surface area contributed by atoms with Crippen LogP contribution in [0.25, 0.3) is 0 Å². The number of benzene rings is 1. The van der Waals surface area contributed by atoms with Crippen molar-refractivity contribution >= 4 is 0 Å². The average molecular weight is 278 g/mol. The summed E-state index contributed by atoms with van der Waals surface area (Å²) in [5.74, 6) is 0.882. The highest BCUT2D eigenvalue weighted by Crippen LogP contribution is 2.31. The second-order valence-electron chi connectivity index (χ2n) is 5.31. The van der Waals surface area contributed by atoms with Gasteiger partial charge in [-0.3, -0.25) is 4.90 Å². The molecule has 0 spiro atoms. The highest BCUT2D eigenvalue weighted by molar-refractivity contribution is 5.45. The molecule has 1 saturated heterocycles. The number of nitrogens with zero attached hydrogens (tertiary/aromatic N) is 1. The molecule has 4 nitrogen and oxygen atoms in total. The maximum absolute atomic E-state index is 10.3. The number of phenolic OH excluding ortho intramolecular Hbond substituents is 1. The molecule has 1 aliphatic rings. The predicted molar refractivity (Wildman–Crippen MR) is 81.3 cm³/mol. The fraction of sp³-hybridized carbons (Fsp3) is 0.625. The normalized spacial score (nSPS) is 18.6. The van der Waals surface area contributed by atoms with E-state index < -0.39 is 0 Å². The summed E-state index contributed by atoms with van der Waals surface area (Å²) in [7, 11) is 0. The van der Waals surface area contributed by atoms with Gasteiger partial charge in [0.05, 0.1) is 6.61 Å². The van der Waals surface area contributed by atoms with Crippen LogP contribution in [0.1, 0.15) is 32.3 Å². The molecule has 2 rings (SSSR count). The van der Waals surface area contributed by atoms with Crippen LogP contribution in [0.2, 0.25) is 0 Å². The first-order valence-electron chi connectivity index (χ1n) is 7.64.